The second-order valence-corrected chi connectivity index (χ2v) is 1.63. The van der Waals surface area contributed by atoms with Crippen LogP contribution in [-0.2, 0) is 0 Å². The van der Waals surface area contributed by atoms with Crippen LogP contribution in [0, 0.1) is 0 Å². The van der Waals surface area contributed by atoms with E-state index in [4.69, 9.17) is 16.1 Å². The van der Waals surface area contributed by atoms with Gasteiger partial charge in [0.25, 0.3) is 0 Å². The summed E-state index contributed by atoms with van der Waals surface area (Å²) in [5.41, 5.74) is 0. The lowest BCUT2D eigenvalue weighted by molar-refractivity contribution is 0.0929. The van der Waals surface area contributed by atoms with E-state index in [-0.39, 0.29) is 5.88 Å². The van der Waals surface area contributed by atoms with Crippen molar-refractivity contribution in [3.05, 3.63) is 12.0 Å². The van der Waals surface area contributed by atoms with E-state index in [2.05, 4.69) is 4.99 Å². The van der Waals surface area contributed by atoms with E-state index >= 15 is 0 Å². The number of hydrogen-bond donors (Lipinski definition) is 3. The van der Waals surface area contributed by atoms with Crippen molar-refractivity contribution in [2.24, 2.45) is 10.8 Å². The summed E-state index contributed by atoms with van der Waals surface area (Å²) < 4.78 is 0. The standard InChI is InChI=1S/C4H7N3O2/c5-7-2-6-3(8)1-4(7)9/h1-2,4,8-9H,5H2. The van der Waals surface area contributed by atoms with Crippen molar-refractivity contribution < 1.29 is 10.2 Å². The van der Waals surface area contributed by atoms with E-state index in [0.29, 0.717) is 0 Å². The monoisotopic (exact) mass is 129 g/mol. The lowest BCUT2D eigenvalue weighted by Crippen LogP contribution is -2.40. The van der Waals surface area contributed by atoms with E-state index in [1.165, 1.54) is 0 Å². The van der Waals surface area contributed by atoms with Crippen molar-refractivity contribution in [2.75, 3.05) is 0 Å². The van der Waals surface area contributed by atoms with Crippen LogP contribution in [0.2, 0.25) is 0 Å². The predicted molar refractivity (Wildman–Crippen MR) is 31.2 cm³/mol. The first-order chi connectivity index (χ1) is 4.20. The Balaban J connectivity index is 2.70. The Bertz CT molecular complexity index is 165. The van der Waals surface area contributed by atoms with Gasteiger partial charge < -0.3 is 10.2 Å². The number of nitrogens with zero attached hydrogens (tertiary/aromatic N) is 2. The zero-order valence-electron chi connectivity index (χ0n) is 4.60. The summed E-state index contributed by atoms with van der Waals surface area (Å²) in [6, 6.07) is 0. The summed E-state index contributed by atoms with van der Waals surface area (Å²) in [5, 5.41) is 18.4. The molecule has 0 aliphatic carbocycles. The maximum absolute atomic E-state index is 8.82. The van der Waals surface area contributed by atoms with Crippen LogP contribution in [0.25, 0.3) is 0 Å². The Morgan fingerprint density at radius 1 is 1.78 bits per heavy atom. The van der Waals surface area contributed by atoms with E-state index < -0.39 is 6.23 Å². The molecule has 0 radical (unpaired) electrons. The Morgan fingerprint density at radius 3 is 2.89 bits per heavy atom. The topological polar surface area (TPSA) is 82.1 Å². The van der Waals surface area contributed by atoms with Crippen LogP contribution >= 0.6 is 0 Å². The average Bonchev–Trinajstić information content (AvgIpc) is 1.80. The molecule has 0 fully saturated rings. The molecule has 0 saturated carbocycles. The molecular weight excluding hydrogens is 122 g/mol. The van der Waals surface area contributed by atoms with Crippen LogP contribution in [0.3, 0.4) is 0 Å². The summed E-state index contributed by atoms with van der Waals surface area (Å²) >= 11 is 0. The molecule has 0 saturated heterocycles. The second kappa shape index (κ2) is 2.04. The fourth-order valence-electron chi connectivity index (χ4n) is 0.457. The van der Waals surface area contributed by atoms with Crippen molar-refractivity contribution in [1.29, 1.82) is 0 Å². The molecule has 1 heterocycles. The predicted octanol–water partition coefficient (Wildman–Crippen LogP) is -1.08. The van der Waals surface area contributed by atoms with Crippen molar-refractivity contribution in [2.45, 2.75) is 6.23 Å². The molecule has 1 aliphatic heterocycles. The summed E-state index contributed by atoms with van der Waals surface area (Å²) in [7, 11) is 0. The average molecular weight is 129 g/mol. The Morgan fingerprint density at radius 2 is 2.44 bits per heavy atom. The number of aliphatic hydroxyl groups is 2. The van der Waals surface area contributed by atoms with E-state index in [9.17, 15) is 0 Å². The minimum absolute atomic E-state index is 0.218. The third-order valence-electron chi connectivity index (χ3n) is 0.927. The van der Waals surface area contributed by atoms with Gasteiger partial charge in [0.05, 0.1) is 0 Å². The minimum Gasteiger partial charge on any atom is -0.493 e. The number of hydrazine groups is 1. The lowest BCUT2D eigenvalue weighted by atomic mass is 10.5. The van der Waals surface area contributed by atoms with E-state index in [1.54, 1.807) is 0 Å². The Labute approximate surface area is 51.7 Å². The SMILES string of the molecule is NN1C=NC(O)=CC1O. The van der Waals surface area contributed by atoms with Crippen LogP contribution < -0.4 is 5.84 Å². The van der Waals surface area contributed by atoms with Crippen molar-refractivity contribution >= 4 is 6.34 Å². The summed E-state index contributed by atoms with van der Waals surface area (Å²) in [6.45, 7) is 0. The number of rotatable bonds is 0. The molecule has 0 spiro atoms. The fraction of sp³-hybridized carbons (Fsp3) is 0.250. The molecule has 1 rings (SSSR count). The number of hydrogen-bond acceptors (Lipinski definition) is 5. The van der Waals surface area contributed by atoms with Crippen molar-refractivity contribution in [3.8, 4) is 0 Å². The quantitative estimate of drug-likeness (QED) is 0.363. The first kappa shape index (κ1) is 6.06. The van der Waals surface area contributed by atoms with E-state index in [0.717, 1.165) is 17.4 Å². The Hall–Kier alpha value is -1.07. The molecule has 0 aromatic heterocycles. The highest BCUT2D eigenvalue weighted by atomic mass is 16.3. The highest BCUT2D eigenvalue weighted by molar-refractivity contribution is 5.57. The maximum Gasteiger partial charge on any atom is 0.212 e. The molecule has 0 aromatic carbocycles. The van der Waals surface area contributed by atoms with Crippen LogP contribution in [0.5, 0.6) is 0 Å². The zero-order valence-corrected chi connectivity index (χ0v) is 4.60. The molecule has 1 atom stereocenters. The normalized spacial score (nSPS) is 26.2. The highest BCUT2D eigenvalue weighted by Crippen LogP contribution is 2.00. The van der Waals surface area contributed by atoms with Crippen LogP contribution in [0.15, 0.2) is 17.0 Å². The molecule has 5 nitrogen and oxygen atoms in total. The van der Waals surface area contributed by atoms with Gasteiger partial charge in [-0.2, -0.15) is 0 Å². The number of aliphatic hydroxyl groups excluding tert-OH is 2. The van der Waals surface area contributed by atoms with Gasteiger partial charge in [0.15, 0.2) is 6.23 Å². The highest BCUT2D eigenvalue weighted by Gasteiger charge is 2.10. The molecule has 0 aromatic rings. The molecule has 1 aliphatic rings. The Kier molecular flexibility index (Phi) is 1.37. The van der Waals surface area contributed by atoms with Gasteiger partial charge in [0.1, 0.15) is 6.34 Å². The van der Waals surface area contributed by atoms with Gasteiger partial charge in [-0.3, -0.25) is 5.01 Å². The van der Waals surface area contributed by atoms with Gasteiger partial charge in [-0.1, -0.05) is 0 Å². The molecular formula is C4H7N3O2. The van der Waals surface area contributed by atoms with Gasteiger partial charge in [-0.25, -0.2) is 10.8 Å². The smallest absolute Gasteiger partial charge is 0.212 e. The molecule has 4 N–H and O–H groups in total. The summed E-state index contributed by atoms with van der Waals surface area (Å²) in [5.74, 6) is 4.90. The van der Waals surface area contributed by atoms with E-state index in [1.807, 2.05) is 0 Å². The first-order valence-corrected chi connectivity index (χ1v) is 2.36. The molecule has 1 unspecified atom stereocenters. The third kappa shape index (κ3) is 1.18. The summed E-state index contributed by atoms with van der Waals surface area (Å²) in [4.78, 5) is 3.39. The van der Waals surface area contributed by atoms with Gasteiger partial charge in [-0.05, 0) is 0 Å². The van der Waals surface area contributed by atoms with Crippen LogP contribution in [-0.4, -0.2) is 27.8 Å². The van der Waals surface area contributed by atoms with Crippen LogP contribution in [0.4, 0.5) is 0 Å². The summed E-state index contributed by atoms with van der Waals surface area (Å²) in [6.07, 6.45) is 1.29. The van der Waals surface area contributed by atoms with Gasteiger partial charge >= 0.3 is 0 Å². The molecule has 50 valence electrons. The van der Waals surface area contributed by atoms with Gasteiger partial charge in [0.2, 0.25) is 5.88 Å². The van der Waals surface area contributed by atoms with Crippen molar-refractivity contribution in [1.82, 2.24) is 5.01 Å². The third-order valence-corrected chi connectivity index (χ3v) is 0.927. The van der Waals surface area contributed by atoms with Gasteiger partial charge in [-0.15, -0.1) is 0 Å². The largest absolute Gasteiger partial charge is 0.493 e. The maximum atomic E-state index is 8.82. The fourth-order valence-corrected chi connectivity index (χ4v) is 0.457. The lowest BCUT2D eigenvalue weighted by Gasteiger charge is -2.19. The second-order valence-electron chi connectivity index (χ2n) is 1.63. The zero-order chi connectivity index (χ0) is 6.85. The van der Waals surface area contributed by atoms with Crippen molar-refractivity contribution in [3.63, 3.8) is 0 Å². The molecule has 0 amide bonds. The number of aliphatic imine (C=N–C) groups is 1. The molecule has 9 heavy (non-hydrogen) atoms. The number of nitrogens with two attached hydrogens (primary N) is 1. The minimum atomic E-state index is -0.970. The first-order valence-electron chi connectivity index (χ1n) is 2.36. The van der Waals surface area contributed by atoms with Gasteiger partial charge in [0, 0.05) is 6.08 Å². The molecule has 0 bridgehead atoms. The van der Waals surface area contributed by atoms with Crippen LogP contribution in [0.1, 0.15) is 0 Å². The molecule has 5 heteroatoms.